The number of rotatable bonds is 4. The van der Waals surface area contributed by atoms with Gasteiger partial charge in [0.15, 0.2) is 0 Å². The lowest BCUT2D eigenvalue weighted by atomic mass is 9.96. The van der Waals surface area contributed by atoms with Crippen LogP contribution in [0, 0.1) is 0 Å². The number of nitrogens with zero attached hydrogens (tertiary/aromatic N) is 2. The summed E-state index contributed by atoms with van der Waals surface area (Å²) in [6, 6.07) is 8.89. The third kappa shape index (κ3) is 2.59. The van der Waals surface area contributed by atoms with Crippen molar-refractivity contribution in [2.45, 2.75) is 30.9 Å². The Morgan fingerprint density at radius 1 is 1.09 bits per heavy atom. The molecule has 0 saturated carbocycles. The summed E-state index contributed by atoms with van der Waals surface area (Å²) in [5, 5.41) is 42.4. The number of aromatic nitrogens is 2. The molecule has 1 aromatic carbocycles. The minimum Gasteiger partial charge on any atom is -0.394 e. The minimum absolute atomic E-state index is 0.252. The van der Waals surface area contributed by atoms with Gasteiger partial charge in [-0.2, -0.15) is 0 Å². The summed E-state index contributed by atoms with van der Waals surface area (Å²) in [6.45, 7) is 0.0843. The highest BCUT2D eigenvalue weighted by atomic mass is 16.4. The Bertz CT molecular complexity index is 631. The predicted octanol–water partition coefficient (Wildman–Crippen LogP) is -0.203. The molecule has 0 saturated heterocycles. The second-order valence-corrected chi connectivity index (χ2v) is 5.39. The third-order valence-electron chi connectivity index (χ3n) is 3.93. The summed E-state index contributed by atoms with van der Waals surface area (Å²) in [6.07, 6.45) is -2.20. The second kappa shape index (κ2) is 6.05. The Kier molecular flexibility index (Phi) is 4.12. The van der Waals surface area contributed by atoms with Gasteiger partial charge < -0.3 is 30.3 Å². The number of fused-ring (bicyclic) bond motifs is 1. The zero-order valence-electron chi connectivity index (χ0n) is 11.9. The number of anilines is 1. The van der Waals surface area contributed by atoms with Crippen LogP contribution in [0.15, 0.2) is 36.5 Å². The molecule has 118 valence electrons. The van der Waals surface area contributed by atoms with Gasteiger partial charge in [-0.1, -0.05) is 18.2 Å². The molecule has 0 spiro atoms. The molecule has 1 aliphatic heterocycles. The molecule has 1 aromatic heterocycles. The molecule has 0 radical (unpaired) electrons. The van der Waals surface area contributed by atoms with Gasteiger partial charge in [0.1, 0.15) is 24.1 Å². The number of benzene rings is 1. The lowest BCUT2D eigenvalue weighted by Gasteiger charge is -2.35. The first-order valence-corrected chi connectivity index (χ1v) is 7.13. The minimum atomic E-state index is -1.36. The summed E-state index contributed by atoms with van der Waals surface area (Å²) in [7, 11) is 0. The van der Waals surface area contributed by atoms with Crippen LogP contribution < -0.4 is 5.32 Å². The first-order valence-electron chi connectivity index (χ1n) is 7.13. The normalized spacial score (nSPS) is 27.5. The number of imidazole rings is 1. The Balaban J connectivity index is 1.82. The first-order chi connectivity index (χ1) is 10.6. The summed E-state index contributed by atoms with van der Waals surface area (Å²) < 4.78 is 1.53. The van der Waals surface area contributed by atoms with Gasteiger partial charge in [-0.15, -0.1) is 0 Å². The zero-order valence-corrected chi connectivity index (χ0v) is 11.9. The van der Waals surface area contributed by atoms with Crippen molar-refractivity contribution in [3.8, 4) is 0 Å². The third-order valence-corrected chi connectivity index (χ3v) is 3.93. The van der Waals surface area contributed by atoms with Gasteiger partial charge in [-0.05, 0) is 12.1 Å². The Morgan fingerprint density at radius 3 is 2.50 bits per heavy atom. The average Bonchev–Trinajstić information content (AvgIpc) is 2.96. The lowest BCUT2D eigenvalue weighted by molar-refractivity contribution is -0.108. The fourth-order valence-corrected chi connectivity index (χ4v) is 2.71. The van der Waals surface area contributed by atoms with Crippen LogP contribution in [0.1, 0.15) is 23.7 Å². The summed E-state index contributed by atoms with van der Waals surface area (Å²) in [5.74, 6) is 0.252. The zero-order chi connectivity index (χ0) is 15.7. The standard InChI is InChI=1S/C15H19N3O4/c19-8-11-12(20)13(21)14(22)15-17-10(7-18(11)15)6-16-9-4-2-1-3-5-9/h1-5,7,11-14,16,19-22H,6,8H2. The van der Waals surface area contributed by atoms with E-state index in [2.05, 4.69) is 10.3 Å². The summed E-state index contributed by atoms with van der Waals surface area (Å²) >= 11 is 0. The smallest absolute Gasteiger partial charge is 0.141 e. The van der Waals surface area contributed by atoms with Gasteiger partial charge in [0, 0.05) is 11.9 Å². The van der Waals surface area contributed by atoms with Crippen molar-refractivity contribution in [1.29, 1.82) is 0 Å². The molecule has 2 heterocycles. The van der Waals surface area contributed by atoms with Crippen molar-refractivity contribution in [2.75, 3.05) is 11.9 Å². The van der Waals surface area contributed by atoms with Gasteiger partial charge in [0.2, 0.25) is 0 Å². The van der Waals surface area contributed by atoms with E-state index in [4.69, 9.17) is 0 Å². The van der Waals surface area contributed by atoms with Gasteiger partial charge in [0.05, 0.1) is 24.9 Å². The molecule has 2 aromatic rings. The fraction of sp³-hybridized carbons (Fsp3) is 0.400. The molecule has 4 atom stereocenters. The number of nitrogens with one attached hydrogen (secondary N) is 1. The van der Waals surface area contributed by atoms with Gasteiger partial charge in [-0.25, -0.2) is 4.98 Å². The highest BCUT2D eigenvalue weighted by Crippen LogP contribution is 2.32. The van der Waals surface area contributed by atoms with Crippen LogP contribution in [-0.4, -0.2) is 48.8 Å². The molecule has 0 amide bonds. The number of aliphatic hydroxyl groups excluding tert-OH is 4. The van der Waals surface area contributed by atoms with Crippen molar-refractivity contribution in [3.05, 3.63) is 48.0 Å². The Morgan fingerprint density at radius 2 is 1.82 bits per heavy atom. The van der Waals surface area contributed by atoms with Crippen molar-refractivity contribution >= 4 is 5.69 Å². The predicted molar refractivity (Wildman–Crippen MR) is 79.1 cm³/mol. The van der Waals surface area contributed by atoms with E-state index in [-0.39, 0.29) is 12.4 Å². The molecule has 22 heavy (non-hydrogen) atoms. The molecule has 1 aliphatic rings. The molecule has 0 fully saturated rings. The molecule has 3 rings (SSSR count). The van der Waals surface area contributed by atoms with E-state index in [9.17, 15) is 20.4 Å². The average molecular weight is 305 g/mol. The highest BCUT2D eigenvalue weighted by Gasteiger charge is 2.41. The molecule has 5 N–H and O–H groups in total. The maximum Gasteiger partial charge on any atom is 0.141 e. The maximum absolute atomic E-state index is 10.0. The van der Waals surface area contributed by atoms with Crippen molar-refractivity contribution in [2.24, 2.45) is 0 Å². The second-order valence-electron chi connectivity index (χ2n) is 5.39. The topological polar surface area (TPSA) is 111 Å². The van der Waals surface area contributed by atoms with Crippen LogP contribution in [0.2, 0.25) is 0 Å². The molecule has 7 nitrogen and oxygen atoms in total. The number of para-hydroxylation sites is 1. The van der Waals surface area contributed by atoms with E-state index < -0.39 is 24.4 Å². The van der Waals surface area contributed by atoms with Crippen LogP contribution in [-0.2, 0) is 6.54 Å². The molecule has 4 unspecified atom stereocenters. The molecule has 0 aliphatic carbocycles. The van der Waals surface area contributed by atoms with Crippen LogP contribution in [0.5, 0.6) is 0 Å². The SMILES string of the molecule is OCC1C(O)C(O)C(O)c2nc(CNc3ccccc3)cn21. The van der Waals surface area contributed by atoms with Crippen LogP contribution in [0.25, 0.3) is 0 Å². The molecule has 0 bridgehead atoms. The van der Waals surface area contributed by atoms with Crippen LogP contribution >= 0.6 is 0 Å². The Hall–Kier alpha value is -1.93. The largest absolute Gasteiger partial charge is 0.394 e. The van der Waals surface area contributed by atoms with E-state index in [0.29, 0.717) is 12.2 Å². The van der Waals surface area contributed by atoms with Crippen LogP contribution in [0.3, 0.4) is 0 Å². The summed E-state index contributed by atoms with van der Waals surface area (Å²) in [4.78, 5) is 4.30. The van der Waals surface area contributed by atoms with Crippen molar-refractivity contribution in [1.82, 2.24) is 9.55 Å². The van der Waals surface area contributed by atoms with Crippen LogP contribution in [0.4, 0.5) is 5.69 Å². The molecular formula is C15H19N3O4. The quantitative estimate of drug-likeness (QED) is 0.535. The van der Waals surface area contributed by atoms with Gasteiger partial charge in [0.25, 0.3) is 0 Å². The molecular weight excluding hydrogens is 286 g/mol. The maximum atomic E-state index is 10.0. The van der Waals surface area contributed by atoms with Crippen molar-refractivity contribution < 1.29 is 20.4 Å². The van der Waals surface area contributed by atoms with E-state index in [1.807, 2.05) is 30.3 Å². The van der Waals surface area contributed by atoms with Crippen molar-refractivity contribution in [3.63, 3.8) is 0 Å². The first kappa shape index (κ1) is 15.0. The van der Waals surface area contributed by atoms with E-state index in [1.54, 1.807) is 6.20 Å². The number of hydrogen-bond donors (Lipinski definition) is 5. The lowest BCUT2D eigenvalue weighted by Crippen LogP contribution is -2.46. The fourth-order valence-electron chi connectivity index (χ4n) is 2.71. The summed E-state index contributed by atoms with van der Waals surface area (Å²) in [5.41, 5.74) is 1.59. The number of aliphatic hydroxyl groups is 4. The van der Waals surface area contributed by atoms with E-state index >= 15 is 0 Å². The Labute approximate surface area is 127 Å². The monoisotopic (exact) mass is 305 g/mol. The van der Waals surface area contributed by atoms with E-state index in [0.717, 1.165) is 5.69 Å². The van der Waals surface area contributed by atoms with Gasteiger partial charge >= 0.3 is 0 Å². The highest BCUT2D eigenvalue weighted by molar-refractivity contribution is 5.42. The number of hydrogen-bond acceptors (Lipinski definition) is 6. The van der Waals surface area contributed by atoms with E-state index in [1.165, 1.54) is 4.57 Å². The molecule has 7 heteroatoms. The van der Waals surface area contributed by atoms with Gasteiger partial charge in [-0.3, -0.25) is 0 Å².